The quantitative estimate of drug-likeness (QED) is 0.768. The highest BCUT2D eigenvalue weighted by atomic mass is 32.1. The Morgan fingerprint density at radius 2 is 2.14 bits per heavy atom. The molecule has 3 aromatic heterocycles. The highest BCUT2D eigenvalue weighted by Gasteiger charge is 2.17. The first kappa shape index (κ1) is 13.5. The molecule has 0 fully saturated rings. The van der Waals surface area contributed by atoms with Crippen LogP contribution < -0.4 is 5.32 Å². The average Bonchev–Trinajstić information content (AvgIpc) is 3.19. The summed E-state index contributed by atoms with van der Waals surface area (Å²) in [6.07, 6.45) is 1.53. The van der Waals surface area contributed by atoms with E-state index < -0.39 is 11.9 Å². The minimum atomic E-state index is -1.07. The minimum Gasteiger partial charge on any atom is -0.477 e. The van der Waals surface area contributed by atoms with Gasteiger partial charge >= 0.3 is 5.97 Å². The Hall–Kier alpha value is -2.45. The van der Waals surface area contributed by atoms with Gasteiger partial charge in [0.05, 0.1) is 12.0 Å². The van der Waals surface area contributed by atoms with Crippen molar-refractivity contribution in [2.24, 2.45) is 0 Å². The van der Waals surface area contributed by atoms with Gasteiger partial charge in [-0.05, 0) is 23.6 Å². The summed E-state index contributed by atoms with van der Waals surface area (Å²) in [6.45, 7) is 0. The number of furan rings is 1. The van der Waals surface area contributed by atoms with Crippen LogP contribution in [0.15, 0.2) is 39.6 Å². The van der Waals surface area contributed by atoms with E-state index >= 15 is 0 Å². The van der Waals surface area contributed by atoms with Crippen molar-refractivity contribution >= 4 is 40.2 Å². The molecule has 6 nitrogen and oxygen atoms in total. The van der Waals surface area contributed by atoms with Crippen molar-refractivity contribution in [2.75, 3.05) is 5.32 Å². The number of carbonyl (C=O) groups excluding carboxylic acids is 1. The number of hydrogen-bond donors (Lipinski definition) is 2. The van der Waals surface area contributed by atoms with Gasteiger partial charge in [-0.2, -0.15) is 0 Å². The third-order valence-electron chi connectivity index (χ3n) is 2.58. The summed E-state index contributed by atoms with van der Waals surface area (Å²) in [7, 11) is 0. The van der Waals surface area contributed by atoms with Gasteiger partial charge in [0, 0.05) is 5.38 Å². The van der Waals surface area contributed by atoms with E-state index in [1.165, 1.54) is 17.6 Å². The van der Waals surface area contributed by atoms with Gasteiger partial charge in [0.2, 0.25) is 0 Å². The third-order valence-corrected chi connectivity index (χ3v) is 4.34. The molecule has 3 rings (SSSR count). The first-order valence-electron chi connectivity index (χ1n) is 5.76. The monoisotopic (exact) mass is 320 g/mol. The topological polar surface area (TPSA) is 92.4 Å². The fourth-order valence-electron chi connectivity index (χ4n) is 1.65. The Kier molecular flexibility index (Phi) is 3.55. The van der Waals surface area contributed by atoms with Crippen molar-refractivity contribution in [3.63, 3.8) is 0 Å². The molecule has 0 spiro atoms. The van der Waals surface area contributed by atoms with Gasteiger partial charge in [-0.1, -0.05) is 0 Å². The van der Waals surface area contributed by atoms with Crippen LogP contribution in [0.4, 0.5) is 5.69 Å². The zero-order valence-corrected chi connectivity index (χ0v) is 12.0. The Morgan fingerprint density at radius 3 is 2.86 bits per heavy atom. The van der Waals surface area contributed by atoms with Gasteiger partial charge in [0.1, 0.15) is 10.6 Å². The molecule has 0 aliphatic rings. The third kappa shape index (κ3) is 2.71. The lowest BCUT2D eigenvalue weighted by Gasteiger charge is -2.01. The second kappa shape index (κ2) is 5.51. The van der Waals surface area contributed by atoms with Crippen LogP contribution >= 0.6 is 22.7 Å². The molecule has 2 N–H and O–H groups in total. The molecule has 0 bridgehead atoms. The fraction of sp³-hybridized carbons (Fsp3) is 0. The molecule has 8 heteroatoms. The number of rotatable bonds is 4. The van der Waals surface area contributed by atoms with Crippen molar-refractivity contribution < 1.29 is 19.1 Å². The predicted molar refractivity (Wildman–Crippen MR) is 79.0 cm³/mol. The van der Waals surface area contributed by atoms with Gasteiger partial charge in [-0.15, -0.1) is 22.7 Å². The number of aromatic nitrogens is 1. The second-order valence-electron chi connectivity index (χ2n) is 3.94. The number of hydrogen-bond acceptors (Lipinski definition) is 6. The van der Waals surface area contributed by atoms with Crippen molar-refractivity contribution in [1.82, 2.24) is 4.98 Å². The molecule has 0 atom stereocenters. The van der Waals surface area contributed by atoms with Crippen LogP contribution in [-0.4, -0.2) is 22.0 Å². The lowest BCUT2D eigenvalue weighted by molar-refractivity contribution is 0.0703. The Morgan fingerprint density at radius 1 is 1.29 bits per heavy atom. The summed E-state index contributed by atoms with van der Waals surface area (Å²) >= 11 is 2.33. The molecular formula is C13H8N2O4S2. The largest absolute Gasteiger partial charge is 0.477 e. The van der Waals surface area contributed by atoms with Crippen LogP contribution in [0.5, 0.6) is 0 Å². The van der Waals surface area contributed by atoms with E-state index in [0.29, 0.717) is 10.8 Å². The lowest BCUT2D eigenvalue weighted by Crippen LogP contribution is -2.13. The number of carboxylic acid groups (broad SMARTS) is 1. The van der Waals surface area contributed by atoms with Crippen LogP contribution in [0.3, 0.4) is 0 Å². The van der Waals surface area contributed by atoms with E-state index in [1.807, 2.05) is 0 Å². The highest BCUT2D eigenvalue weighted by Crippen LogP contribution is 2.26. The molecule has 0 aliphatic heterocycles. The van der Waals surface area contributed by atoms with Crippen LogP contribution in [0.25, 0.3) is 10.8 Å². The zero-order valence-electron chi connectivity index (χ0n) is 10.4. The molecule has 1 amide bonds. The van der Waals surface area contributed by atoms with Crippen molar-refractivity contribution in [1.29, 1.82) is 0 Å². The normalized spacial score (nSPS) is 10.5. The van der Waals surface area contributed by atoms with E-state index in [0.717, 1.165) is 11.3 Å². The van der Waals surface area contributed by atoms with E-state index in [1.54, 1.807) is 29.0 Å². The number of carbonyl (C=O) groups is 2. The molecule has 0 saturated heterocycles. The molecule has 0 aliphatic carbocycles. The van der Waals surface area contributed by atoms with Gasteiger partial charge in [-0.25, -0.2) is 9.78 Å². The molecule has 0 radical (unpaired) electrons. The molecule has 106 valence electrons. The summed E-state index contributed by atoms with van der Waals surface area (Å²) in [4.78, 5) is 27.3. The van der Waals surface area contributed by atoms with Crippen molar-refractivity contribution in [2.45, 2.75) is 0 Å². The number of aromatic carboxylic acids is 1. The molecular weight excluding hydrogens is 312 g/mol. The smallest absolute Gasteiger partial charge is 0.348 e. The number of thiophene rings is 1. The maximum absolute atomic E-state index is 12.1. The Bertz CT molecular complexity index is 789. The number of anilines is 1. The first-order valence-corrected chi connectivity index (χ1v) is 7.52. The minimum absolute atomic E-state index is 0.0878. The summed E-state index contributed by atoms with van der Waals surface area (Å²) < 4.78 is 5.21. The van der Waals surface area contributed by atoms with Crippen LogP contribution in [0.2, 0.25) is 0 Å². The highest BCUT2D eigenvalue weighted by molar-refractivity contribution is 7.13. The average molecular weight is 320 g/mol. The lowest BCUT2D eigenvalue weighted by atomic mass is 10.3. The number of nitrogens with one attached hydrogen (secondary N) is 1. The first-order chi connectivity index (χ1) is 10.1. The SMILES string of the molecule is O=C(Nc1ccsc1C(=O)O)c1csc(-c2ccco2)n1. The van der Waals surface area contributed by atoms with E-state index in [2.05, 4.69) is 10.3 Å². The zero-order chi connectivity index (χ0) is 14.8. The Labute approximate surface area is 126 Å². The van der Waals surface area contributed by atoms with Crippen LogP contribution in [0.1, 0.15) is 20.2 Å². The molecule has 3 heterocycles. The van der Waals surface area contributed by atoms with Crippen molar-refractivity contribution in [3.05, 3.63) is 45.8 Å². The molecule has 3 aromatic rings. The molecule has 21 heavy (non-hydrogen) atoms. The number of carboxylic acids is 1. The molecule has 0 aromatic carbocycles. The summed E-state index contributed by atoms with van der Waals surface area (Å²) in [5, 5.41) is 15.3. The molecule has 0 unspecified atom stereocenters. The van der Waals surface area contributed by atoms with Crippen molar-refractivity contribution in [3.8, 4) is 10.8 Å². The second-order valence-corrected chi connectivity index (χ2v) is 5.71. The summed E-state index contributed by atoms with van der Waals surface area (Å²) in [5.41, 5.74) is 0.485. The summed E-state index contributed by atoms with van der Waals surface area (Å²) in [6, 6.07) is 5.04. The maximum Gasteiger partial charge on any atom is 0.348 e. The predicted octanol–water partition coefficient (Wildman–Crippen LogP) is 3.42. The number of amides is 1. The summed E-state index contributed by atoms with van der Waals surface area (Å²) in [5.74, 6) is -0.944. The van der Waals surface area contributed by atoms with Gasteiger partial charge in [-0.3, -0.25) is 4.79 Å². The number of nitrogens with zero attached hydrogens (tertiary/aromatic N) is 1. The van der Waals surface area contributed by atoms with Gasteiger partial charge in [0.15, 0.2) is 10.8 Å². The van der Waals surface area contributed by atoms with Crippen LogP contribution in [0, 0.1) is 0 Å². The maximum atomic E-state index is 12.1. The fourth-order valence-corrected chi connectivity index (χ4v) is 3.10. The van der Waals surface area contributed by atoms with E-state index in [9.17, 15) is 9.59 Å². The molecule has 0 saturated carbocycles. The van der Waals surface area contributed by atoms with Crippen LogP contribution in [-0.2, 0) is 0 Å². The van der Waals surface area contributed by atoms with Gasteiger partial charge in [0.25, 0.3) is 5.91 Å². The Balaban J connectivity index is 1.80. The number of thiazole rings is 1. The van der Waals surface area contributed by atoms with Gasteiger partial charge < -0.3 is 14.8 Å². The van der Waals surface area contributed by atoms with E-state index in [-0.39, 0.29) is 16.3 Å². The van der Waals surface area contributed by atoms with E-state index in [4.69, 9.17) is 9.52 Å². The standard InChI is InChI=1S/C13H8N2O4S2/c16-11(14-7-3-5-20-10(7)13(17)18)8-6-21-12(15-8)9-2-1-4-19-9/h1-6H,(H,14,16)(H,17,18).